The number of halogens is 3. The molecule has 90 valence electrons. The summed E-state index contributed by atoms with van der Waals surface area (Å²) < 4.78 is 26.6. The average Bonchev–Trinajstić information content (AvgIpc) is 2.31. The molecule has 0 bridgehead atoms. The molecule has 2 aromatic carbocycles. The highest BCUT2D eigenvalue weighted by molar-refractivity contribution is 9.10. The zero-order valence-electron chi connectivity index (χ0n) is 8.92. The number of nitrogens with zero attached hydrogens (tertiary/aromatic N) is 1. The molecular weight excluding hydrogens is 304 g/mol. The van der Waals surface area contributed by atoms with E-state index in [0.29, 0.717) is 4.47 Å². The maximum absolute atomic E-state index is 13.1. The molecule has 1 N–H and O–H groups in total. The summed E-state index contributed by atoms with van der Waals surface area (Å²) in [7, 11) is 0. The second kappa shape index (κ2) is 4.75. The molecule has 0 saturated heterocycles. The molecule has 0 aliphatic heterocycles. The minimum Gasteiger partial charge on any atom is -0.506 e. The predicted octanol–water partition coefficient (Wildman–Crippen LogP) is 3.97. The van der Waals surface area contributed by atoms with Gasteiger partial charge in [0.25, 0.3) is 0 Å². The number of nitriles is 1. The van der Waals surface area contributed by atoms with Gasteiger partial charge in [-0.2, -0.15) is 5.26 Å². The van der Waals surface area contributed by atoms with Crippen LogP contribution in [0.3, 0.4) is 0 Å². The first-order valence-corrected chi connectivity index (χ1v) is 5.69. The summed E-state index contributed by atoms with van der Waals surface area (Å²) in [6.45, 7) is 0. The van der Waals surface area contributed by atoms with Crippen LogP contribution in [0.2, 0.25) is 0 Å². The van der Waals surface area contributed by atoms with E-state index in [1.807, 2.05) is 6.07 Å². The van der Waals surface area contributed by atoms with E-state index in [4.69, 9.17) is 5.26 Å². The largest absolute Gasteiger partial charge is 0.506 e. The molecule has 0 spiro atoms. The Morgan fingerprint density at radius 1 is 1.06 bits per heavy atom. The van der Waals surface area contributed by atoms with E-state index in [-0.39, 0.29) is 22.4 Å². The molecule has 0 fully saturated rings. The quantitative estimate of drug-likeness (QED) is 0.866. The summed E-state index contributed by atoms with van der Waals surface area (Å²) in [5, 5.41) is 18.7. The van der Waals surface area contributed by atoms with Gasteiger partial charge >= 0.3 is 0 Å². The Bertz CT molecular complexity index is 645. The highest BCUT2D eigenvalue weighted by atomic mass is 79.9. The van der Waals surface area contributed by atoms with Crippen LogP contribution in [0.4, 0.5) is 8.78 Å². The van der Waals surface area contributed by atoms with Crippen molar-refractivity contribution >= 4 is 15.9 Å². The monoisotopic (exact) mass is 309 g/mol. The average molecular weight is 310 g/mol. The Morgan fingerprint density at radius 3 is 2.22 bits per heavy atom. The van der Waals surface area contributed by atoms with Gasteiger partial charge in [-0.25, -0.2) is 8.78 Å². The molecule has 18 heavy (non-hydrogen) atoms. The Morgan fingerprint density at radius 2 is 1.67 bits per heavy atom. The van der Waals surface area contributed by atoms with Crippen molar-refractivity contribution in [3.05, 3.63) is 52.0 Å². The molecular formula is C13H6BrF2NO. The lowest BCUT2D eigenvalue weighted by Gasteiger charge is -2.08. The zero-order chi connectivity index (χ0) is 13.3. The second-order valence-corrected chi connectivity index (χ2v) is 4.48. The van der Waals surface area contributed by atoms with Crippen molar-refractivity contribution in [2.45, 2.75) is 0 Å². The Hall–Kier alpha value is -1.93. The highest BCUT2D eigenvalue weighted by Crippen LogP contribution is 2.37. The first-order chi connectivity index (χ1) is 8.51. The van der Waals surface area contributed by atoms with Gasteiger partial charge < -0.3 is 5.11 Å². The fraction of sp³-hybridized carbons (Fsp3) is 0. The SMILES string of the molecule is N#Cc1cc(Br)c(O)c(-c2cc(F)cc(F)c2)c1. The van der Waals surface area contributed by atoms with Crippen molar-refractivity contribution < 1.29 is 13.9 Å². The first kappa shape index (κ1) is 12.5. The zero-order valence-corrected chi connectivity index (χ0v) is 10.5. The molecule has 0 aliphatic carbocycles. The van der Waals surface area contributed by atoms with Gasteiger partial charge in [0.05, 0.1) is 16.1 Å². The summed E-state index contributed by atoms with van der Waals surface area (Å²) in [5.41, 5.74) is 0.640. The third kappa shape index (κ3) is 2.34. The van der Waals surface area contributed by atoms with E-state index in [1.54, 1.807) is 0 Å². The summed E-state index contributed by atoms with van der Waals surface area (Å²) >= 11 is 3.08. The smallest absolute Gasteiger partial charge is 0.137 e. The van der Waals surface area contributed by atoms with Gasteiger partial charge in [0.15, 0.2) is 0 Å². The van der Waals surface area contributed by atoms with Gasteiger partial charge in [-0.15, -0.1) is 0 Å². The van der Waals surface area contributed by atoms with E-state index in [2.05, 4.69) is 15.9 Å². The van der Waals surface area contributed by atoms with Crippen LogP contribution in [0.1, 0.15) is 5.56 Å². The van der Waals surface area contributed by atoms with Gasteiger partial charge in [-0.1, -0.05) is 0 Å². The number of phenolic OH excluding ortho intramolecular Hbond substituents is 1. The lowest BCUT2D eigenvalue weighted by molar-refractivity contribution is 0.474. The molecule has 2 nitrogen and oxygen atoms in total. The minimum atomic E-state index is -0.747. The maximum Gasteiger partial charge on any atom is 0.137 e. The summed E-state index contributed by atoms with van der Waals surface area (Å²) in [6.07, 6.45) is 0. The Kier molecular flexibility index (Phi) is 3.30. The van der Waals surface area contributed by atoms with Crippen molar-refractivity contribution in [3.63, 3.8) is 0 Å². The van der Waals surface area contributed by atoms with Gasteiger partial charge in [-0.3, -0.25) is 0 Å². The van der Waals surface area contributed by atoms with Gasteiger partial charge in [0.1, 0.15) is 17.4 Å². The van der Waals surface area contributed by atoms with Crippen LogP contribution in [-0.2, 0) is 0 Å². The molecule has 0 aromatic heterocycles. The number of rotatable bonds is 1. The maximum atomic E-state index is 13.1. The molecule has 0 unspecified atom stereocenters. The topological polar surface area (TPSA) is 44.0 Å². The summed E-state index contributed by atoms with van der Waals surface area (Å²) in [5.74, 6) is -1.66. The number of hydrogen-bond donors (Lipinski definition) is 1. The molecule has 0 radical (unpaired) electrons. The van der Waals surface area contributed by atoms with E-state index in [1.165, 1.54) is 12.1 Å². The number of aromatic hydroxyl groups is 1. The van der Waals surface area contributed by atoms with Crippen LogP contribution in [0.15, 0.2) is 34.8 Å². The third-order valence-electron chi connectivity index (χ3n) is 2.37. The van der Waals surface area contributed by atoms with Crippen molar-refractivity contribution in [1.29, 1.82) is 5.26 Å². The molecule has 0 atom stereocenters. The number of phenols is 1. The summed E-state index contributed by atoms with van der Waals surface area (Å²) in [6, 6.07) is 7.62. The normalized spacial score (nSPS) is 10.1. The van der Waals surface area contributed by atoms with E-state index in [0.717, 1.165) is 18.2 Å². The fourth-order valence-electron chi connectivity index (χ4n) is 1.59. The van der Waals surface area contributed by atoms with E-state index < -0.39 is 11.6 Å². The lowest BCUT2D eigenvalue weighted by Crippen LogP contribution is -1.87. The van der Waals surface area contributed by atoms with Crippen LogP contribution in [0, 0.1) is 23.0 Å². The predicted molar refractivity (Wildman–Crippen MR) is 65.9 cm³/mol. The van der Waals surface area contributed by atoms with Crippen molar-refractivity contribution in [3.8, 4) is 22.9 Å². The Balaban J connectivity index is 2.70. The second-order valence-electron chi connectivity index (χ2n) is 3.62. The van der Waals surface area contributed by atoms with Crippen LogP contribution in [0.5, 0.6) is 5.75 Å². The molecule has 5 heteroatoms. The van der Waals surface area contributed by atoms with Crippen LogP contribution in [-0.4, -0.2) is 5.11 Å². The van der Waals surface area contributed by atoms with E-state index in [9.17, 15) is 13.9 Å². The molecule has 2 aromatic rings. The highest BCUT2D eigenvalue weighted by Gasteiger charge is 2.12. The third-order valence-corrected chi connectivity index (χ3v) is 2.97. The van der Waals surface area contributed by atoms with Gasteiger partial charge in [0.2, 0.25) is 0 Å². The van der Waals surface area contributed by atoms with E-state index >= 15 is 0 Å². The van der Waals surface area contributed by atoms with Crippen LogP contribution in [0.25, 0.3) is 11.1 Å². The molecule has 2 rings (SSSR count). The standard InChI is InChI=1S/C13H6BrF2NO/c14-12-2-7(6-17)1-11(13(12)18)8-3-9(15)5-10(16)4-8/h1-5,18H. The van der Waals surface area contributed by atoms with Gasteiger partial charge in [0, 0.05) is 11.6 Å². The number of hydrogen-bond acceptors (Lipinski definition) is 2. The van der Waals surface area contributed by atoms with Crippen molar-refractivity contribution in [2.75, 3.05) is 0 Å². The molecule has 0 aliphatic rings. The summed E-state index contributed by atoms with van der Waals surface area (Å²) in [4.78, 5) is 0. The molecule has 0 heterocycles. The van der Waals surface area contributed by atoms with Crippen LogP contribution < -0.4 is 0 Å². The van der Waals surface area contributed by atoms with Crippen LogP contribution >= 0.6 is 15.9 Å². The molecule has 0 amide bonds. The first-order valence-electron chi connectivity index (χ1n) is 4.90. The molecule has 0 saturated carbocycles. The van der Waals surface area contributed by atoms with Crippen molar-refractivity contribution in [2.24, 2.45) is 0 Å². The lowest BCUT2D eigenvalue weighted by atomic mass is 10.0. The Labute approximate surface area is 110 Å². The fourth-order valence-corrected chi connectivity index (χ4v) is 2.05. The minimum absolute atomic E-state index is 0.168. The number of benzene rings is 2. The van der Waals surface area contributed by atoms with Crippen molar-refractivity contribution in [1.82, 2.24) is 0 Å². The van der Waals surface area contributed by atoms with Gasteiger partial charge in [-0.05, 0) is 45.8 Å².